The molecular weight excluding hydrogens is 867 g/mol. The van der Waals surface area contributed by atoms with Gasteiger partial charge < -0.3 is 54.7 Å². The highest BCUT2D eigenvalue weighted by molar-refractivity contribution is 5.90. The lowest BCUT2D eigenvalue weighted by Gasteiger charge is -2.41. The second-order valence-corrected chi connectivity index (χ2v) is 16.4. The van der Waals surface area contributed by atoms with E-state index in [2.05, 4.69) is 55.8 Å². The summed E-state index contributed by atoms with van der Waals surface area (Å²) in [4.78, 5) is 52.7. The molecule has 7 rings (SSSR count). The van der Waals surface area contributed by atoms with Gasteiger partial charge in [-0.05, 0) is 48.1 Å². The smallest absolute Gasteiger partial charge is 0.322 e. The van der Waals surface area contributed by atoms with E-state index in [9.17, 15) is 24.3 Å². The summed E-state index contributed by atoms with van der Waals surface area (Å²) in [5.74, 6) is -1.23. The molecule has 0 saturated carbocycles. The topological polar surface area (TPSA) is 240 Å². The van der Waals surface area contributed by atoms with Gasteiger partial charge in [-0.1, -0.05) is 59.8 Å². The van der Waals surface area contributed by atoms with E-state index in [1.807, 2.05) is 28.9 Å². The van der Waals surface area contributed by atoms with Crippen LogP contribution in [0.1, 0.15) is 36.8 Å². The van der Waals surface area contributed by atoms with Crippen LogP contribution in [0.25, 0.3) is 22.5 Å². The molecule has 1 unspecified atom stereocenters. The Bertz CT molecular complexity index is 2240. The number of carbonyl (C=O) groups excluding carboxylic acids is 3. The predicted octanol–water partition coefficient (Wildman–Crippen LogP) is 3.12. The Labute approximate surface area is 389 Å². The summed E-state index contributed by atoms with van der Waals surface area (Å²) in [6.45, 7) is 6.06. The summed E-state index contributed by atoms with van der Waals surface area (Å²) in [5, 5.41) is 40.6. The number of aliphatic hydroxyl groups is 1. The lowest BCUT2D eigenvalue weighted by Crippen LogP contribution is -2.62. The lowest BCUT2D eigenvalue weighted by molar-refractivity contribution is -0.157. The predicted molar refractivity (Wildman–Crippen MR) is 245 cm³/mol. The molecule has 20 heteroatoms. The number of hydrogen-bond donors (Lipinski definition) is 6. The van der Waals surface area contributed by atoms with Gasteiger partial charge in [0.2, 0.25) is 11.8 Å². The molecule has 6 N–H and O–H groups in total. The summed E-state index contributed by atoms with van der Waals surface area (Å²) in [6.07, 6.45) is -0.0110. The van der Waals surface area contributed by atoms with Gasteiger partial charge >= 0.3 is 12.0 Å². The molecule has 3 aromatic carbocycles. The number of carboxylic acids is 1. The third-order valence-electron chi connectivity index (χ3n) is 11.8. The monoisotopic (exact) mass is 927 g/mol. The third-order valence-corrected chi connectivity index (χ3v) is 11.8. The SMILES string of the molecule is O=C(O)CC1CCN(C(=O)[C@@H]2COCCN2C(O)NC(=O)Nc2ccc(CNC(=O)CCOCCOCCOCCOCCn3nnc4c3-c3ccccc3CNc3ccccc3-4)cc2)CC1. The number of morpholine rings is 1. The molecule has 67 heavy (non-hydrogen) atoms. The standard InChI is InChI=1S/C47H61N9O11/c57-41(49-30-34-9-11-36(12-10-34)50-46(61)51-47(62)55-18-21-67-32-40(55)45(60)54-16-13-33(14-17-54)29-42(58)59)15-20-63-23-25-65-27-28-66-26-24-64-22-19-56-44-37-6-2-1-5-35(37)31-48-39-8-4-3-7-38(39)43(44)52-53-56/h1-12,33,40,47-48,62H,13-32H2,(H,49,57)(H,58,59)(H2,50,51,61)/t40-,47?/m0/s1. The van der Waals surface area contributed by atoms with Crippen LogP contribution in [0.3, 0.4) is 0 Å². The molecular formula is C47H61N9O11. The highest BCUT2D eigenvalue weighted by atomic mass is 16.6. The Morgan fingerprint density at radius 3 is 2.22 bits per heavy atom. The second kappa shape index (κ2) is 25.2. The number of ether oxygens (including phenoxy) is 5. The maximum absolute atomic E-state index is 13.3. The van der Waals surface area contributed by atoms with Crippen LogP contribution in [0.2, 0.25) is 0 Å². The molecule has 4 heterocycles. The summed E-state index contributed by atoms with van der Waals surface area (Å²) in [7, 11) is 0. The number of para-hydroxylation sites is 1. The lowest BCUT2D eigenvalue weighted by atomic mass is 9.93. The van der Waals surface area contributed by atoms with Crippen LogP contribution >= 0.6 is 0 Å². The normalized spacial score (nSPS) is 16.6. The van der Waals surface area contributed by atoms with Gasteiger partial charge in [0.1, 0.15) is 11.7 Å². The highest BCUT2D eigenvalue weighted by Gasteiger charge is 2.38. The van der Waals surface area contributed by atoms with Crippen LogP contribution in [-0.4, -0.2) is 157 Å². The van der Waals surface area contributed by atoms with E-state index in [4.69, 9.17) is 28.8 Å². The van der Waals surface area contributed by atoms with Gasteiger partial charge in [0.25, 0.3) is 0 Å². The molecule has 3 aliphatic rings. The van der Waals surface area contributed by atoms with Crippen LogP contribution in [0.4, 0.5) is 16.2 Å². The first-order valence-corrected chi connectivity index (χ1v) is 22.8. The fraction of sp³-hybridized carbons (Fsp3) is 0.489. The number of likely N-dealkylation sites (tertiary alicyclic amines) is 1. The van der Waals surface area contributed by atoms with Gasteiger partial charge in [0, 0.05) is 68.1 Å². The first-order chi connectivity index (χ1) is 32.7. The number of rotatable bonds is 23. The summed E-state index contributed by atoms with van der Waals surface area (Å²) in [5.41, 5.74) is 7.43. The molecule has 0 spiro atoms. The Kier molecular flexibility index (Phi) is 18.4. The van der Waals surface area contributed by atoms with E-state index in [0.29, 0.717) is 91.0 Å². The summed E-state index contributed by atoms with van der Waals surface area (Å²) >= 11 is 0. The maximum atomic E-state index is 13.3. The molecule has 2 atom stereocenters. The average Bonchev–Trinajstić information content (AvgIpc) is 3.75. The zero-order chi connectivity index (χ0) is 46.8. The van der Waals surface area contributed by atoms with Crippen molar-refractivity contribution < 1.29 is 53.1 Å². The number of piperidine rings is 1. The zero-order valence-electron chi connectivity index (χ0n) is 37.6. The minimum absolute atomic E-state index is 0.0222. The number of anilines is 2. The number of benzene rings is 3. The summed E-state index contributed by atoms with van der Waals surface area (Å²) in [6, 6.07) is 21.9. The van der Waals surface area contributed by atoms with Crippen molar-refractivity contribution in [2.75, 3.05) is 96.3 Å². The third kappa shape index (κ3) is 14.3. The van der Waals surface area contributed by atoms with Crippen molar-refractivity contribution in [1.29, 1.82) is 0 Å². The van der Waals surface area contributed by atoms with E-state index >= 15 is 0 Å². The van der Waals surface area contributed by atoms with Crippen LogP contribution in [-0.2, 0) is 57.7 Å². The van der Waals surface area contributed by atoms with Gasteiger partial charge in [-0.25, -0.2) is 14.4 Å². The van der Waals surface area contributed by atoms with Gasteiger partial charge in [0.15, 0.2) is 6.35 Å². The zero-order valence-corrected chi connectivity index (χ0v) is 37.6. The number of aliphatic carboxylic acids is 1. The quantitative estimate of drug-likeness (QED) is 0.0463. The van der Waals surface area contributed by atoms with E-state index < -0.39 is 24.4 Å². The number of urea groups is 1. The van der Waals surface area contributed by atoms with Gasteiger partial charge in [-0.3, -0.25) is 19.7 Å². The molecule has 0 radical (unpaired) electrons. The number of carbonyl (C=O) groups is 4. The number of fused-ring (bicyclic) bond motifs is 5. The van der Waals surface area contributed by atoms with E-state index in [-0.39, 0.29) is 63.5 Å². The Morgan fingerprint density at radius 2 is 1.49 bits per heavy atom. The largest absolute Gasteiger partial charge is 0.481 e. The Balaban J connectivity index is 0.693. The van der Waals surface area contributed by atoms with E-state index in [1.165, 1.54) is 10.5 Å². The maximum Gasteiger partial charge on any atom is 0.322 e. The fourth-order valence-corrected chi connectivity index (χ4v) is 8.23. The molecule has 0 bridgehead atoms. The highest BCUT2D eigenvalue weighted by Crippen LogP contribution is 2.38. The first kappa shape index (κ1) is 48.9. The van der Waals surface area contributed by atoms with Crippen molar-refractivity contribution >= 4 is 35.2 Å². The number of carboxylic acid groups (broad SMARTS) is 1. The molecule has 3 aliphatic heterocycles. The van der Waals surface area contributed by atoms with Crippen molar-refractivity contribution in [3.63, 3.8) is 0 Å². The first-order valence-electron chi connectivity index (χ1n) is 22.8. The second-order valence-electron chi connectivity index (χ2n) is 16.4. The number of nitrogens with one attached hydrogen (secondary N) is 4. The number of nitrogens with zero attached hydrogens (tertiary/aromatic N) is 5. The molecule has 2 saturated heterocycles. The molecule has 360 valence electrons. The molecule has 20 nitrogen and oxygen atoms in total. The van der Waals surface area contributed by atoms with Crippen molar-refractivity contribution in [1.82, 2.24) is 35.4 Å². The van der Waals surface area contributed by atoms with Crippen molar-refractivity contribution in [3.8, 4) is 22.5 Å². The number of aromatic nitrogens is 3. The molecule has 2 fully saturated rings. The van der Waals surface area contributed by atoms with Crippen molar-refractivity contribution in [2.45, 2.75) is 57.7 Å². The Hall–Kier alpha value is -6.00. The molecule has 4 amide bonds. The van der Waals surface area contributed by atoms with Crippen molar-refractivity contribution in [3.05, 3.63) is 83.9 Å². The molecule has 1 aromatic heterocycles. The Morgan fingerprint density at radius 1 is 0.821 bits per heavy atom. The number of aliphatic hydroxyl groups excluding tert-OH is 1. The van der Waals surface area contributed by atoms with E-state index in [1.54, 1.807) is 29.2 Å². The molecule has 4 aromatic rings. The summed E-state index contributed by atoms with van der Waals surface area (Å²) < 4.78 is 30.1. The number of hydrogen-bond acceptors (Lipinski definition) is 14. The number of amides is 4. The van der Waals surface area contributed by atoms with Gasteiger partial charge in [-0.2, -0.15) is 0 Å². The van der Waals surface area contributed by atoms with Crippen molar-refractivity contribution in [2.24, 2.45) is 5.92 Å². The average molecular weight is 928 g/mol. The van der Waals surface area contributed by atoms with Crippen LogP contribution in [0.15, 0.2) is 72.8 Å². The van der Waals surface area contributed by atoms with Crippen LogP contribution in [0.5, 0.6) is 0 Å². The van der Waals surface area contributed by atoms with Crippen LogP contribution in [0, 0.1) is 5.92 Å². The van der Waals surface area contributed by atoms with Gasteiger partial charge in [0.05, 0.1) is 78.3 Å². The molecule has 0 aliphatic carbocycles. The van der Waals surface area contributed by atoms with Gasteiger partial charge in [-0.15, -0.1) is 5.10 Å². The minimum atomic E-state index is -1.45. The minimum Gasteiger partial charge on any atom is -0.481 e. The van der Waals surface area contributed by atoms with E-state index in [0.717, 1.165) is 33.8 Å². The van der Waals surface area contributed by atoms with Crippen LogP contribution < -0.4 is 21.3 Å². The fourth-order valence-electron chi connectivity index (χ4n) is 8.23.